The molecule has 1 saturated carbocycles. The highest BCUT2D eigenvalue weighted by Crippen LogP contribution is 2.43. The zero-order valence-corrected chi connectivity index (χ0v) is 16.4. The van der Waals surface area contributed by atoms with Crippen LogP contribution in [0.1, 0.15) is 38.3 Å². The summed E-state index contributed by atoms with van der Waals surface area (Å²) < 4.78 is 11.3. The highest BCUT2D eigenvalue weighted by molar-refractivity contribution is 5.75. The summed E-state index contributed by atoms with van der Waals surface area (Å²) in [5.74, 6) is 2.78. The van der Waals surface area contributed by atoms with Gasteiger partial charge in [0.25, 0.3) is 0 Å². The highest BCUT2D eigenvalue weighted by atomic mass is 16.6. The topological polar surface area (TPSA) is 54.0 Å². The number of nitrogens with zero attached hydrogens (tertiary/aromatic N) is 2. The van der Waals surface area contributed by atoms with Gasteiger partial charge in [-0.25, -0.2) is 4.79 Å². The van der Waals surface area contributed by atoms with Crippen molar-refractivity contribution in [2.75, 3.05) is 45.9 Å². The average molecular weight is 373 g/mol. The highest BCUT2D eigenvalue weighted by Gasteiger charge is 2.35. The minimum absolute atomic E-state index is 0.0574. The molecule has 1 unspecified atom stereocenters. The normalized spacial score (nSPS) is 21.2. The van der Waals surface area contributed by atoms with Crippen LogP contribution in [-0.4, -0.2) is 61.8 Å². The van der Waals surface area contributed by atoms with Crippen LogP contribution >= 0.6 is 0 Å². The molecule has 1 saturated heterocycles. The van der Waals surface area contributed by atoms with E-state index in [-0.39, 0.29) is 12.1 Å². The van der Waals surface area contributed by atoms with E-state index in [0.29, 0.717) is 25.0 Å². The molecule has 6 nitrogen and oxygen atoms in total. The first-order chi connectivity index (χ1) is 13.1. The Morgan fingerprint density at radius 1 is 1.11 bits per heavy atom. The number of fused-ring (bicyclic) bond motifs is 1. The summed E-state index contributed by atoms with van der Waals surface area (Å²) in [7, 11) is 0. The van der Waals surface area contributed by atoms with E-state index in [1.165, 1.54) is 12.8 Å². The van der Waals surface area contributed by atoms with E-state index in [2.05, 4.69) is 30.1 Å². The van der Waals surface area contributed by atoms with Gasteiger partial charge >= 0.3 is 6.03 Å². The molecule has 1 aromatic rings. The number of hydrogen-bond donors (Lipinski definition) is 1. The van der Waals surface area contributed by atoms with Crippen molar-refractivity contribution in [2.24, 2.45) is 11.8 Å². The molecule has 2 amide bonds. The molecule has 1 aromatic carbocycles. The summed E-state index contributed by atoms with van der Waals surface area (Å²) in [6.45, 7) is 10.3. The Kier molecular flexibility index (Phi) is 5.43. The fourth-order valence-electron chi connectivity index (χ4n) is 4.03. The monoisotopic (exact) mass is 373 g/mol. The SMILES string of the molecule is CC(C)CN1CCN(C(=O)NC(c2ccc3c(c2)OCCO3)C2CC2)CC1. The molecule has 6 heteroatoms. The summed E-state index contributed by atoms with van der Waals surface area (Å²) in [5, 5.41) is 3.30. The smallest absolute Gasteiger partial charge is 0.317 e. The Morgan fingerprint density at radius 2 is 1.81 bits per heavy atom. The summed E-state index contributed by atoms with van der Waals surface area (Å²) >= 11 is 0. The molecule has 27 heavy (non-hydrogen) atoms. The minimum Gasteiger partial charge on any atom is -0.486 e. The minimum atomic E-state index is 0.0574. The Balaban J connectivity index is 1.38. The molecule has 4 rings (SSSR count). The van der Waals surface area contributed by atoms with Gasteiger partial charge in [-0.3, -0.25) is 4.90 Å². The van der Waals surface area contributed by atoms with Crippen molar-refractivity contribution in [2.45, 2.75) is 32.7 Å². The number of hydrogen-bond acceptors (Lipinski definition) is 4. The van der Waals surface area contributed by atoms with Crippen molar-refractivity contribution >= 4 is 6.03 Å². The summed E-state index contributed by atoms with van der Waals surface area (Å²) in [6, 6.07) is 6.19. The van der Waals surface area contributed by atoms with E-state index in [4.69, 9.17) is 9.47 Å². The number of carbonyl (C=O) groups excluding carboxylic acids is 1. The largest absolute Gasteiger partial charge is 0.486 e. The third kappa shape index (κ3) is 4.49. The van der Waals surface area contributed by atoms with E-state index in [0.717, 1.165) is 49.8 Å². The predicted molar refractivity (Wildman–Crippen MR) is 104 cm³/mol. The second-order valence-electron chi connectivity index (χ2n) is 8.35. The summed E-state index contributed by atoms with van der Waals surface area (Å²) in [5.41, 5.74) is 1.12. The molecule has 1 N–H and O–H groups in total. The molecule has 0 spiro atoms. The Hall–Kier alpha value is -1.95. The molecule has 148 valence electrons. The molecule has 2 fully saturated rings. The van der Waals surface area contributed by atoms with E-state index in [1.807, 2.05) is 17.0 Å². The Morgan fingerprint density at radius 3 is 2.48 bits per heavy atom. The number of amides is 2. The number of ether oxygens (including phenoxy) is 2. The zero-order valence-electron chi connectivity index (χ0n) is 16.4. The van der Waals surface area contributed by atoms with Gasteiger partial charge in [-0.1, -0.05) is 19.9 Å². The van der Waals surface area contributed by atoms with Crippen LogP contribution in [0.2, 0.25) is 0 Å². The molecular formula is C21H31N3O3. The van der Waals surface area contributed by atoms with Gasteiger partial charge in [0.15, 0.2) is 11.5 Å². The van der Waals surface area contributed by atoms with Crippen molar-refractivity contribution in [3.63, 3.8) is 0 Å². The van der Waals surface area contributed by atoms with Crippen LogP contribution in [-0.2, 0) is 0 Å². The van der Waals surface area contributed by atoms with Gasteiger partial charge in [0, 0.05) is 32.7 Å². The van der Waals surface area contributed by atoms with E-state index in [1.54, 1.807) is 0 Å². The van der Waals surface area contributed by atoms with Gasteiger partial charge in [0.05, 0.1) is 6.04 Å². The summed E-state index contributed by atoms with van der Waals surface area (Å²) in [4.78, 5) is 17.3. The number of rotatable bonds is 5. The fourth-order valence-corrected chi connectivity index (χ4v) is 4.03. The van der Waals surface area contributed by atoms with Gasteiger partial charge in [0.2, 0.25) is 0 Å². The quantitative estimate of drug-likeness (QED) is 0.862. The third-order valence-electron chi connectivity index (χ3n) is 5.58. The number of carbonyl (C=O) groups is 1. The standard InChI is InChI=1S/C21H31N3O3/c1-15(2)14-23-7-9-24(10-8-23)21(25)22-20(16-3-4-16)17-5-6-18-19(13-17)27-12-11-26-18/h5-6,13,15-16,20H,3-4,7-12,14H2,1-2H3,(H,22,25). The second-order valence-corrected chi connectivity index (χ2v) is 8.35. The van der Waals surface area contributed by atoms with E-state index >= 15 is 0 Å². The lowest BCUT2D eigenvalue weighted by molar-refractivity contribution is 0.128. The lowest BCUT2D eigenvalue weighted by Crippen LogP contribution is -2.52. The lowest BCUT2D eigenvalue weighted by Gasteiger charge is -2.36. The van der Waals surface area contributed by atoms with Gasteiger partial charge in [0.1, 0.15) is 13.2 Å². The molecular weight excluding hydrogens is 342 g/mol. The van der Waals surface area contributed by atoms with Crippen LogP contribution in [0.15, 0.2) is 18.2 Å². The lowest BCUT2D eigenvalue weighted by atomic mass is 10.0. The maximum absolute atomic E-state index is 12.9. The van der Waals surface area contributed by atoms with Crippen LogP contribution in [0.4, 0.5) is 4.79 Å². The summed E-state index contributed by atoms with van der Waals surface area (Å²) in [6.07, 6.45) is 2.34. The molecule has 0 bridgehead atoms. The third-order valence-corrected chi connectivity index (χ3v) is 5.58. The molecule has 1 aliphatic carbocycles. The van der Waals surface area contributed by atoms with Gasteiger partial charge in [-0.05, 0) is 42.4 Å². The van der Waals surface area contributed by atoms with Crippen LogP contribution in [0.25, 0.3) is 0 Å². The zero-order chi connectivity index (χ0) is 18.8. The first-order valence-electron chi connectivity index (χ1n) is 10.3. The van der Waals surface area contributed by atoms with E-state index in [9.17, 15) is 4.79 Å². The number of benzene rings is 1. The first kappa shape index (κ1) is 18.4. The molecule has 1 atom stereocenters. The molecule has 2 aliphatic heterocycles. The second kappa shape index (κ2) is 7.97. The van der Waals surface area contributed by atoms with Crippen LogP contribution in [0.5, 0.6) is 11.5 Å². The molecule has 0 aromatic heterocycles. The van der Waals surface area contributed by atoms with Crippen LogP contribution < -0.4 is 14.8 Å². The van der Waals surface area contributed by atoms with Gasteiger partial charge in [-0.15, -0.1) is 0 Å². The fraction of sp³-hybridized carbons (Fsp3) is 0.667. The van der Waals surface area contributed by atoms with Gasteiger partial charge < -0.3 is 19.7 Å². The van der Waals surface area contributed by atoms with E-state index < -0.39 is 0 Å². The van der Waals surface area contributed by atoms with Crippen molar-refractivity contribution in [3.05, 3.63) is 23.8 Å². The van der Waals surface area contributed by atoms with Crippen LogP contribution in [0.3, 0.4) is 0 Å². The van der Waals surface area contributed by atoms with Crippen molar-refractivity contribution in [3.8, 4) is 11.5 Å². The van der Waals surface area contributed by atoms with Crippen molar-refractivity contribution in [1.29, 1.82) is 0 Å². The molecule has 2 heterocycles. The average Bonchev–Trinajstić information content (AvgIpc) is 3.51. The van der Waals surface area contributed by atoms with Crippen LogP contribution in [0, 0.1) is 11.8 Å². The molecule has 0 radical (unpaired) electrons. The maximum Gasteiger partial charge on any atom is 0.317 e. The van der Waals surface area contributed by atoms with Crippen molar-refractivity contribution < 1.29 is 14.3 Å². The number of nitrogens with one attached hydrogen (secondary N) is 1. The Labute approximate surface area is 161 Å². The van der Waals surface area contributed by atoms with Gasteiger partial charge in [-0.2, -0.15) is 0 Å². The van der Waals surface area contributed by atoms with Crippen molar-refractivity contribution in [1.82, 2.24) is 15.1 Å². The first-order valence-corrected chi connectivity index (χ1v) is 10.3. The molecule has 3 aliphatic rings. The predicted octanol–water partition coefficient (Wildman–Crippen LogP) is 2.89. The number of piperazine rings is 1. The maximum atomic E-state index is 12.9. The number of urea groups is 1. The Bertz CT molecular complexity index is 667.